The van der Waals surface area contributed by atoms with E-state index in [1.165, 1.54) is 0 Å². The largest absolute Gasteiger partial charge is 0.310 e. The van der Waals surface area contributed by atoms with Gasteiger partial charge in [0.25, 0.3) is 0 Å². The van der Waals surface area contributed by atoms with Crippen LogP contribution >= 0.6 is 0 Å². The van der Waals surface area contributed by atoms with Gasteiger partial charge in [0.1, 0.15) is 0 Å². The molecule has 0 radical (unpaired) electrons. The van der Waals surface area contributed by atoms with Gasteiger partial charge in [0, 0.05) is 65.8 Å². The number of nitriles is 1. The molecule has 0 aliphatic carbocycles. The third kappa shape index (κ3) is 4.61. The standard InChI is InChI=1S/C56H32N6/c1-58-36-26-30-40(31-27-36)60(38-14-6-3-7-15-38)48-21-11-23-50-54(48)44-19-9-17-42-46-32-51-45(33-52(46)62(50)56(42)44)41-16-8-18-43-53-47(20-10-22-49(53)61(51)55(41)43)59(37-12-4-2-5-13-37)39-28-24-35(34-57)25-29-39/h2-33H/i2D,3D,4D,5D,6D,7D,12D,13D,14D,15D. The zero-order chi connectivity index (χ0) is 49.8. The van der Waals surface area contributed by atoms with Crippen molar-refractivity contribution in [3.05, 3.63) is 211 Å². The first-order valence-corrected chi connectivity index (χ1v) is 19.9. The molecular weight excluding hydrogens is 757 g/mol. The summed E-state index contributed by atoms with van der Waals surface area (Å²) in [4.78, 5) is 6.96. The molecule has 0 unspecified atom stereocenters. The number of hydrogen-bond donors (Lipinski definition) is 0. The first-order valence-electron chi connectivity index (χ1n) is 24.9. The van der Waals surface area contributed by atoms with E-state index in [4.69, 9.17) is 20.3 Å². The van der Waals surface area contributed by atoms with Crippen LogP contribution in [0.1, 0.15) is 19.3 Å². The first-order chi connectivity index (χ1) is 34.8. The summed E-state index contributed by atoms with van der Waals surface area (Å²) in [6, 6.07) is 39.6. The molecule has 62 heavy (non-hydrogen) atoms. The van der Waals surface area contributed by atoms with E-state index in [0.717, 1.165) is 76.2 Å². The van der Waals surface area contributed by atoms with Crippen molar-refractivity contribution in [2.75, 3.05) is 9.80 Å². The van der Waals surface area contributed by atoms with Gasteiger partial charge in [0.2, 0.25) is 0 Å². The second kappa shape index (κ2) is 12.8. The van der Waals surface area contributed by atoms with Crippen LogP contribution in [0.5, 0.6) is 0 Å². The molecule has 6 heteroatoms. The van der Waals surface area contributed by atoms with E-state index in [9.17, 15) is 5.26 Å². The van der Waals surface area contributed by atoms with Crippen molar-refractivity contribution in [3.63, 3.8) is 0 Å². The van der Waals surface area contributed by atoms with Crippen LogP contribution in [0.4, 0.5) is 39.8 Å². The molecule has 0 amide bonds. The first kappa shape index (κ1) is 25.6. The SMILES string of the molecule is [2H]c1c([2H])c([2H])c(N(c2ccc(C#N)cc2)c2cccc3c2c2cccc4c5cc6c(cc5n3c42)c2cccc3c4c(N(c5ccc([N+]#[C-])cc5)c5c([2H])c([2H])c([2H])c([2H])c5[2H])cccc4n6c23)c([2H])c1[2H]. The molecule has 13 aromatic rings. The number of benzene rings is 9. The van der Waals surface area contributed by atoms with Crippen molar-refractivity contribution < 1.29 is 13.7 Å². The van der Waals surface area contributed by atoms with E-state index in [0.29, 0.717) is 34.0 Å². The summed E-state index contributed by atoms with van der Waals surface area (Å²) >= 11 is 0. The number of fused-ring (bicyclic) bond motifs is 12. The average Bonchev–Trinajstić information content (AvgIpc) is 4.14. The average molecular weight is 799 g/mol. The number of aromatic nitrogens is 2. The summed E-state index contributed by atoms with van der Waals surface area (Å²) in [5.41, 5.74) is 8.39. The fraction of sp³-hybridized carbons (Fsp3) is 0. The van der Waals surface area contributed by atoms with Crippen molar-refractivity contribution in [3.8, 4) is 6.07 Å². The Kier molecular flexibility index (Phi) is 5.30. The molecule has 0 atom stereocenters. The Morgan fingerprint density at radius 2 is 0.903 bits per heavy atom. The zero-order valence-corrected chi connectivity index (χ0v) is 32.4. The van der Waals surface area contributed by atoms with Crippen LogP contribution in [0.3, 0.4) is 0 Å². The Hall–Kier alpha value is -8.84. The van der Waals surface area contributed by atoms with Crippen LogP contribution in [-0.2, 0) is 0 Å². The molecule has 9 aromatic carbocycles. The number of rotatable bonds is 6. The Morgan fingerprint density at radius 3 is 1.35 bits per heavy atom. The predicted molar refractivity (Wildman–Crippen MR) is 256 cm³/mol. The maximum atomic E-state index is 9.68. The monoisotopic (exact) mass is 798 g/mol. The molecule has 13 rings (SSSR count). The predicted octanol–water partition coefficient (Wildman–Crippen LogP) is 15.3. The summed E-state index contributed by atoms with van der Waals surface area (Å²) in [7, 11) is 0. The van der Waals surface area contributed by atoms with E-state index >= 15 is 0 Å². The highest BCUT2D eigenvalue weighted by Crippen LogP contribution is 2.50. The summed E-state index contributed by atoms with van der Waals surface area (Å²) in [5.74, 6) is 0. The van der Waals surface area contributed by atoms with E-state index in [2.05, 4.69) is 44.0 Å². The number of hydrogen-bond acceptors (Lipinski definition) is 3. The molecule has 0 aliphatic heterocycles. The van der Waals surface area contributed by atoms with Crippen LogP contribution in [0.15, 0.2) is 194 Å². The Balaban J connectivity index is 1.09. The highest BCUT2D eigenvalue weighted by molar-refractivity contribution is 6.31. The van der Waals surface area contributed by atoms with E-state index in [1.54, 1.807) is 58.3 Å². The minimum Gasteiger partial charge on any atom is -0.310 e. The summed E-state index contributed by atoms with van der Waals surface area (Å²) in [6.07, 6.45) is 0. The van der Waals surface area contributed by atoms with E-state index < -0.39 is 36.3 Å². The molecule has 0 saturated heterocycles. The minimum atomic E-state index is -0.498. The Bertz CT molecular complexity index is 4260. The molecular formula is C56H32N6. The fourth-order valence-electron chi connectivity index (χ4n) is 9.73. The summed E-state index contributed by atoms with van der Waals surface area (Å²) in [6.45, 7) is 7.59. The lowest BCUT2D eigenvalue weighted by molar-refractivity contribution is 1.29. The molecule has 6 nitrogen and oxygen atoms in total. The summed E-state index contributed by atoms with van der Waals surface area (Å²) < 4.78 is 92.3. The van der Waals surface area contributed by atoms with Crippen LogP contribution < -0.4 is 9.80 Å². The highest BCUT2D eigenvalue weighted by atomic mass is 15.2. The molecule has 0 saturated carbocycles. The van der Waals surface area contributed by atoms with Gasteiger partial charge in [-0.05, 0) is 97.0 Å². The van der Waals surface area contributed by atoms with Gasteiger partial charge in [-0.25, -0.2) is 4.85 Å². The van der Waals surface area contributed by atoms with Crippen molar-refractivity contribution in [1.29, 1.82) is 5.26 Å². The Labute approximate surface area is 369 Å². The van der Waals surface area contributed by atoms with Crippen molar-refractivity contribution in [2.24, 2.45) is 0 Å². The van der Waals surface area contributed by atoms with Gasteiger partial charge in [-0.2, -0.15) is 5.26 Å². The topological polar surface area (TPSA) is 43.5 Å². The van der Waals surface area contributed by atoms with Gasteiger partial charge in [-0.1, -0.05) is 96.9 Å². The fourth-order valence-corrected chi connectivity index (χ4v) is 9.73. The van der Waals surface area contributed by atoms with Crippen molar-refractivity contribution >= 4 is 116 Å². The van der Waals surface area contributed by atoms with Gasteiger partial charge < -0.3 is 18.6 Å². The molecule has 0 spiro atoms. The third-order valence-electron chi connectivity index (χ3n) is 12.2. The highest BCUT2D eigenvalue weighted by Gasteiger charge is 2.26. The lowest BCUT2D eigenvalue weighted by Crippen LogP contribution is -2.10. The van der Waals surface area contributed by atoms with Crippen molar-refractivity contribution in [1.82, 2.24) is 8.80 Å². The van der Waals surface area contributed by atoms with Gasteiger partial charge in [0.15, 0.2) is 5.69 Å². The quantitative estimate of drug-likeness (QED) is 0.157. The zero-order valence-electron chi connectivity index (χ0n) is 42.4. The lowest BCUT2D eigenvalue weighted by atomic mass is 10.0. The maximum absolute atomic E-state index is 9.68. The Morgan fingerprint density at radius 1 is 0.468 bits per heavy atom. The second-order valence-corrected chi connectivity index (χ2v) is 15.2. The second-order valence-electron chi connectivity index (χ2n) is 15.2. The summed E-state index contributed by atoms with van der Waals surface area (Å²) in [5, 5.41) is 17.0. The number of anilines is 6. The van der Waals surface area contributed by atoms with Gasteiger partial charge in [-0.3, -0.25) is 0 Å². The van der Waals surface area contributed by atoms with Crippen LogP contribution in [-0.4, -0.2) is 8.80 Å². The molecule has 4 aromatic heterocycles. The lowest BCUT2D eigenvalue weighted by Gasteiger charge is -2.26. The molecule has 0 aliphatic rings. The minimum absolute atomic E-state index is 0.0184. The molecule has 4 heterocycles. The molecule has 0 bridgehead atoms. The van der Waals surface area contributed by atoms with Crippen LogP contribution in [0.25, 0.3) is 81.0 Å². The van der Waals surface area contributed by atoms with Gasteiger partial charge in [0.05, 0.1) is 76.4 Å². The van der Waals surface area contributed by atoms with Crippen LogP contribution in [0.2, 0.25) is 0 Å². The van der Waals surface area contributed by atoms with Gasteiger partial charge in [-0.15, -0.1) is 0 Å². The molecule has 0 fully saturated rings. The van der Waals surface area contributed by atoms with Gasteiger partial charge >= 0.3 is 0 Å². The normalized spacial score (nSPS) is 14.1. The number of para-hydroxylation sites is 4. The smallest absolute Gasteiger partial charge is 0.187 e. The molecule has 286 valence electrons. The maximum Gasteiger partial charge on any atom is 0.187 e. The van der Waals surface area contributed by atoms with E-state index in [-0.39, 0.29) is 35.5 Å². The third-order valence-corrected chi connectivity index (χ3v) is 12.2. The van der Waals surface area contributed by atoms with Crippen LogP contribution in [0, 0.1) is 17.9 Å². The number of nitrogens with zero attached hydrogens (tertiary/aromatic N) is 6. The van der Waals surface area contributed by atoms with E-state index in [1.807, 2.05) is 60.7 Å². The van der Waals surface area contributed by atoms with Crippen molar-refractivity contribution in [2.45, 2.75) is 0 Å². The molecule has 0 N–H and O–H groups in total.